The highest BCUT2D eigenvalue weighted by Gasteiger charge is 2.14. The number of nitrogen functional groups attached to an aromatic ring is 1. The summed E-state index contributed by atoms with van der Waals surface area (Å²) >= 11 is 0. The highest BCUT2D eigenvalue weighted by molar-refractivity contribution is 6.02. The first kappa shape index (κ1) is 13.3. The summed E-state index contributed by atoms with van der Waals surface area (Å²) in [5.74, 6) is 0.334. The fraction of sp³-hybridized carbons (Fsp3) is 0.250. The molecular weight excluding hydrogens is 236 g/mol. The van der Waals surface area contributed by atoms with Crippen molar-refractivity contribution in [3.8, 4) is 0 Å². The fourth-order valence-corrected chi connectivity index (χ4v) is 2.13. The van der Waals surface area contributed by atoms with E-state index in [1.165, 1.54) is 11.1 Å². The Hall–Kier alpha value is -2.16. The van der Waals surface area contributed by atoms with Gasteiger partial charge < -0.3 is 5.73 Å². The molecule has 2 rings (SSSR count). The van der Waals surface area contributed by atoms with Crippen LogP contribution in [0, 0.1) is 20.8 Å². The molecule has 2 aromatic rings. The number of hydrogen-bond donors (Lipinski definition) is 1. The zero-order valence-electron chi connectivity index (χ0n) is 11.5. The van der Waals surface area contributed by atoms with E-state index in [9.17, 15) is 4.79 Å². The average Bonchev–Trinajstić information content (AvgIpc) is 2.33. The van der Waals surface area contributed by atoms with Gasteiger partial charge >= 0.3 is 0 Å². The van der Waals surface area contributed by atoms with Gasteiger partial charge in [-0.05, 0) is 49.1 Å². The molecule has 2 N–H and O–H groups in total. The lowest BCUT2D eigenvalue weighted by Gasteiger charge is -2.08. The Balaban J connectivity index is 2.28. The number of ketones is 1. The maximum absolute atomic E-state index is 12.3. The number of aryl methyl sites for hydroxylation is 3. The first-order valence-corrected chi connectivity index (χ1v) is 6.29. The molecule has 0 saturated carbocycles. The number of rotatable bonds is 3. The SMILES string of the molecule is Cc1ccc(CC(=O)c2c(C)ccnc2N)cc1C. The number of benzene rings is 1. The minimum absolute atomic E-state index is 0.0198. The molecule has 0 aliphatic carbocycles. The van der Waals surface area contributed by atoms with Crippen molar-refractivity contribution in [3.05, 3.63) is 58.3 Å². The van der Waals surface area contributed by atoms with Crippen molar-refractivity contribution in [3.63, 3.8) is 0 Å². The van der Waals surface area contributed by atoms with Crippen LogP contribution >= 0.6 is 0 Å². The van der Waals surface area contributed by atoms with Gasteiger partial charge in [-0.2, -0.15) is 0 Å². The summed E-state index contributed by atoms with van der Waals surface area (Å²) in [7, 11) is 0. The maximum Gasteiger partial charge on any atom is 0.171 e. The number of carbonyl (C=O) groups excluding carboxylic acids is 1. The monoisotopic (exact) mass is 254 g/mol. The van der Waals surface area contributed by atoms with E-state index in [1.54, 1.807) is 6.20 Å². The van der Waals surface area contributed by atoms with Crippen molar-refractivity contribution in [1.82, 2.24) is 4.98 Å². The summed E-state index contributed by atoms with van der Waals surface area (Å²) in [6, 6.07) is 7.89. The van der Waals surface area contributed by atoms with Crippen LogP contribution in [0.15, 0.2) is 30.5 Å². The molecule has 0 amide bonds. The number of nitrogens with zero attached hydrogens (tertiary/aromatic N) is 1. The Bertz CT molecular complexity index is 612. The summed E-state index contributed by atoms with van der Waals surface area (Å²) < 4.78 is 0. The molecule has 0 spiro atoms. The Morgan fingerprint density at radius 2 is 1.84 bits per heavy atom. The van der Waals surface area contributed by atoms with Crippen molar-refractivity contribution in [2.75, 3.05) is 5.73 Å². The predicted octanol–water partition coefficient (Wildman–Crippen LogP) is 3.01. The van der Waals surface area contributed by atoms with Gasteiger partial charge in [-0.15, -0.1) is 0 Å². The number of Topliss-reactive ketones (excluding diaryl/α,β-unsaturated/α-hetero) is 1. The van der Waals surface area contributed by atoms with Crippen molar-refractivity contribution in [2.45, 2.75) is 27.2 Å². The molecule has 0 radical (unpaired) electrons. The van der Waals surface area contributed by atoms with E-state index < -0.39 is 0 Å². The van der Waals surface area contributed by atoms with Gasteiger partial charge in [0, 0.05) is 12.6 Å². The molecule has 3 heteroatoms. The molecule has 0 bridgehead atoms. The largest absolute Gasteiger partial charge is 0.383 e. The molecule has 0 unspecified atom stereocenters. The highest BCUT2D eigenvalue weighted by Crippen LogP contribution is 2.18. The summed E-state index contributed by atoms with van der Waals surface area (Å²) in [5, 5.41) is 0. The van der Waals surface area contributed by atoms with Gasteiger partial charge in [0.15, 0.2) is 5.78 Å². The molecule has 0 aliphatic heterocycles. The first-order chi connectivity index (χ1) is 8.99. The molecule has 0 saturated heterocycles. The Labute approximate surface area is 113 Å². The van der Waals surface area contributed by atoms with Crippen molar-refractivity contribution in [2.24, 2.45) is 0 Å². The van der Waals surface area contributed by atoms with E-state index in [-0.39, 0.29) is 5.78 Å². The number of carbonyl (C=O) groups is 1. The van der Waals surface area contributed by atoms with Crippen molar-refractivity contribution >= 4 is 11.6 Å². The highest BCUT2D eigenvalue weighted by atomic mass is 16.1. The van der Waals surface area contributed by atoms with Crippen LogP contribution in [0.5, 0.6) is 0 Å². The lowest BCUT2D eigenvalue weighted by atomic mass is 9.98. The van der Waals surface area contributed by atoms with Crippen molar-refractivity contribution < 1.29 is 4.79 Å². The third kappa shape index (κ3) is 2.81. The summed E-state index contributed by atoms with van der Waals surface area (Å²) in [5.41, 5.74) is 10.7. The van der Waals surface area contributed by atoms with E-state index in [0.717, 1.165) is 11.1 Å². The van der Waals surface area contributed by atoms with Gasteiger partial charge in [0.2, 0.25) is 0 Å². The molecule has 1 aromatic heterocycles. The first-order valence-electron chi connectivity index (χ1n) is 6.29. The standard InChI is InChI=1S/C16H18N2O/c1-10-4-5-13(8-12(10)3)9-14(19)15-11(2)6-7-18-16(15)17/h4-8H,9H2,1-3H3,(H2,17,18). The summed E-state index contributed by atoms with van der Waals surface area (Å²) in [6.07, 6.45) is 1.98. The number of hydrogen-bond acceptors (Lipinski definition) is 3. The number of nitrogens with two attached hydrogens (primary N) is 1. The lowest BCUT2D eigenvalue weighted by molar-refractivity contribution is 0.0993. The molecule has 19 heavy (non-hydrogen) atoms. The van der Waals surface area contributed by atoms with E-state index in [4.69, 9.17) is 5.73 Å². The minimum Gasteiger partial charge on any atom is -0.383 e. The van der Waals surface area contributed by atoms with Crippen LogP contribution in [0.2, 0.25) is 0 Å². The van der Waals surface area contributed by atoms with Gasteiger partial charge in [0.1, 0.15) is 5.82 Å². The molecule has 3 nitrogen and oxygen atoms in total. The lowest BCUT2D eigenvalue weighted by Crippen LogP contribution is -2.10. The quantitative estimate of drug-likeness (QED) is 0.857. The molecule has 98 valence electrons. The van der Waals surface area contributed by atoms with Crippen molar-refractivity contribution in [1.29, 1.82) is 0 Å². The van der Waals surface area contributed by atoms with E-state index in [2.05, 4.69) is 18.0 Å². The van der Waals surface area contributed by atoms with Crippen LogP contribution in [-0.4, -0.2) is 10.8 Å². The topological polar surface area (TPSA) is 56.0 Å². The van der Waals surface area contributed by atoms with Crippen LogP contribution < -0.4 is 5.73 Å². The van der Waals surface area contributed by atoms with E-state index in [1.807, 2.05) is 32.0 Å². The number of anilines is 1. The maximum atomic E-state index is 12.3. The molecule has 1 aromatic carbocycles. The van der Waals surface area contributed by atoms with Gasteiger partial charge in [-0.3, -0.25) is 4.79 Å². The predicted molar refractivity (Wildman–Crippen MR) is 77.3 cm³/mol. The van der Waals surface area contributed by atoms with Crippen LogP contribution in [0.25, 0.3) is 0 Å². The zero-order chi connectivity index (χ0) is 14.0. The van der Waals surface area contributed by atoms with Gasteiger partial charge in [-0.1, -0.05) is 18.2 Å². The summed E-state index contributed by atoms with van der Waals surface area (Å²) in [4.78, 5) is 16.3. The average molecular weight is 254 g/mol. The third-order valence-corrected chi connectivity index (χ3v) is 3.40. The van der Waals surface area contributed by atoms with E-state index >= 15 is 0 Å². The minimum atomic E-state index is 0.0198. The van der Waals surface area contributed by atoms with Gasteiger partial charge in [0.25, 0.3) is 0 Å². The summed E-state index contributed by atoms with van der Waals surface area (Å²) in [6.45, 7) is 5.99. The number of pyridine rings is 1. The van der Waals surface area contributed by atoms with Gasteiger partial charge in [0.05, 0.1) is 5.56 Å². The Kier molecular flexibility index (Phi) is 3.65. The van der Waals surface area contributed by atoms with Crippen LogP contribution in [0.4, 0.5) is 5.82 Å². The van der Waals surface area contributed by atoms with Gasteiger partial charge in [-0.25, -0.2) is 4.98 Å². The molecular formula is C16H18N2O. The molecule has 0 aliphatic rings. The van der Waals surface area contributed by atoms with Crippen LogP contribution in [-0.2, 0) is 6.42 Å². The number of aromatic nitrogens is 1. The molecule has 1 heterocycles. The zero-order valence-corrected chi connectivity index (χ0v) is 11.5. The van der Waals surface area contributed by atoms with Crippen LogP contribution in [0.1, 0.15) is 32.6 Å². The third-order valence-electron chi connectivity index (χ3n) is 3.40. The normalized spacial score (nSPS) is 10.5. The Morgan fingerprint density at radius 1 is 1.11 bits per heavy atom. The van der Waals surface area contributed by atoms with E-state index in [0.29, 0.717) is 17.8 Å². The second kappa shape index (κ2) is 5.22. The second-order valence-corrected chi connectivity index (χ2v) is 4.91. The molecule has 0 atom stereocenters. The Morgan fingerprint density at radius 3 is 2.47 bits per heavy atom. The smallest absolute Gasteiger partial charge is 0.171 e. The fourth-order valence-electron chi connectivity index (χ4n) is 2.13. The molecule has 0 fully saturated rings. The van der Waals surface area contributed by atoms with Crippen LogP contribution in [0.3, 0.4) is 0 Å². The second-order valence-electron chi connectivity index (χ2n) is 4.91.